The Kier molecular flexibility index (Phi) is 4.01. The van der Waals surface area contributed by atoms with Crippen molar-refractivity contribution in [1.82, 2.24) is 14.1 Å². The Morgan fingerprint density at radius 1 is 1.37 bits per heavy atom. The average Bonchev–Trinajstić information content (AvgIpc) is 2.64. The van der Waals surface area contributed by atoms with Crippen molar-refractivity contribution in [3.05, 3.63) is 11.4 Å². The molecular weight excluding hydrogens is 262 g/mol. The molecule has 0 amide bonds. The largest absolute Gasteiger partial charge is 0.268 e. The van der Waals surface area contributed by atoms with Gasteiger partial charge in [0, 0.05) is 19.6 Å². The van der Waals surface area contributed by atoms with Gasteiger partial charge in [-0.1, -0.05) is 6.92 Å². The fraction of sp³-hybridized carbons (Fsp3) is 0.769. The van der Waals surface area contributed by atoms with Crippen molar-refractivity contribution in [2.24, 2.45) is 5.92 Å². The van der Waals surface area contributed by atoms with Crippen molar-refractivity contribution in [3.63, 3.8) is 0 Å². The van der Waals surface area contributed by atoms with Crippen LogP contribution in [0.2, 0.25) is 0 Å². The highest BCUT2D eigenvalue weighted by Crippen LogP contribution is 2.27. The van der Waals surface area contributed by atoms with Gasteiger partial charge in [0.2, 0.25) is 10.0 Å². The molecule has 1 aliphatic rings. The average molecular weight is 285 g/mol. The summed E-state index contributed by atoms with van der Waals surface area (Å²) in [4.78, 5) is 0.406. The van der Waals surface area contributed by atoms with Gasteiger partial charge in [-0.05, 0) is 39.5 Å². The number of aryl methyl sites for hydroxylation is 2. The van der Waals surface area contributed by atoms with E-state index >= 15 is 0 Å². The van der Waals surface area contributed by atoms with Crippen LogP contribution in [0.15, 0.2) is 4.90 Å². The van der Waals surface area contributed by atoms with Crippen LogP contribution in [-0.4, -0.2) is 35.6 Å². The molecule has 19 heavy (non-hydrogen) atoms. The molecule has 108 valence electrons. The minimum absolute atomic E-state index is 0.406. The Morgan fingerprint density at radius 3 is 2.58 bits per heavy atom. The first-order valence-corrected chi connectivity index (χ1v) is 8.36. The molecule has 1 atom stereocenters. The molecular formula is C13H23N3O2S. The fourth-order valence-corrected chi connectivity index (χ4v) is 4.83. The highest BCUT2D eigenvalue weighted by atomic mass is 32.2. The Morgan fingerprint density at radius 2 is 2.05 bits per heavy atom. The van der Waals surface area contributed by atoms with Crippen LogP contribution in [0.1, 0.15) is 38.1 Å². The van der Waals surface area contributed by atoms with Gasteiger partial charge in [-0.25, -0.2) is 8.42 Å². The summed E-state index contributed by atoms with van der Waals surface area (Å²) < 4.78 is 28.9. The van der Waals surface area contributed by atoms with E-state index in [1.54, 1.807) is 15.9 Å². The molecule has 0 N–H and O–H groups in total. The first-order valence-electron chi connectivity index (χ1n) is 6.92. The topological polar surface area (TPSA) is 55.2 Å². The summed E-state index contributed by atoms with van der Waals surface area (Å²) in [7, 11) is -3.40. The summed E-state index contributed by atoms with van der Waals surface area (Å²) in [5.74, 6) is 0.436. The van der Waals surface area contributed by atoms with Gasteiger partial charge >= 0.3 is 0 Å². The number of piperidine rings is 1. The second-order valence-corrected chi connectivity index (χ2v) is 7.30. The van der Waals surface area contributed by atoms with Gasteiger partial charge in [0.1, 0.15) is 4.90 Å². The maximum atomic E-state index is 12.8. The lowest BCUT2D eigenvalue weighted by molar-refractivity contribution is 0.281. The molecule has 2 heterocycles. The maximum absolute atomic E-state index is 12.8. The van der Waals surface area contributed by atoms with Gasteiger partial charge in [0.25, 0.3) is 0 Å². The molecule has 1 aromatic heterocycles. The normalized spacial score (nSPS) is 21.8. The third-order valence-corrected chi connectivity index (χ3v) is 5.95. The predicted octanol–water partition coefficient (Wildman–Crippen LogP) is 1.94. The zero-order chi connectivity index (χ0) is 14.2. The molecule has 0 aromatic carbocycles. The third-order valence-electron chi connectivity index (χ3n) is 3.83. The van der Waals surface area contributed by atoms with Crippen molar-refractivity contribution in [2.75, 3.05) is 13.1 Å². The van der Waals surface area contributed by atoms with Crippen LogP contribution < -0.4 is 0 Å². The van der Waals surface area contributed by atoms with Crippen molar-refractivity contribution in [1.29, 1.82) is 0 Å². The minimum atomic E-state index is -3.40. The SMILES string of the molecule is CCn1nc(C)c(S(=O)(=O)N2CCC[C@H](C)C2)c1C. The second-order valence-electron chi connectivity index (χ2n) is 5.43. The zero-order valence-electron chi connectivity index (χ0n) is 12.2. The molecule has 1 saturated heterocycles. The molecule has 6 heteroatoms. The molecule has 0 aliphatic carbocycles. The molecule has 1 aliphatic heterocycles. The van der Waals surface area contributed by atoms with Crippen molar-refractivity contribution in [3.8, 4) is 0 Å². The standard InChI is InChI=1S/C13H23N3O2S/c1-5-16-12(4)13(11(3)14-16)19(17,18)15-8-6-7-10(2)9-15/h10H,5-9H2,1-4H3/t10-/m0/s1. The van der Waals surface area contributed by atoms with Gasteiger partial charge < -0.3 is 0 Å². The number of nitrogens with zero attached hydrogens (tertiary/aromatic N) is 3. The molecule has 1 fully saturated rings. The van der Waals surface area contributed by atoms with Crippen LogP contribution >= 0.6 is 0 Å². The number of aromatic nitrogens is 2. The van der Waals surface area contributed by atoms with E-state index in [-0.39, 0.29) is 0 Å². The van der Waals surface area contributed by atoms with Crippen LogP contribution in [-0.2, 0) is 16.6 Å². The zero-order valence-corrected chi connectivity index (χ0v) is 13.0. The summed E-state index contributed by atoms with van der Waals surface area (Å²) in [6, 6.07) is 0. The van der Waals surface area contributed by atoms with Gasteiger partial charge in [0.05, 0.1) is 11.4 Å². The highest BCUT2D eigenvalue weighted by molar-refractivity contribution is 7.89. The highest BCUT2D eigenvalue weighted by Gasteiger charge is 2.33. The van der Waals surface area contributed by atoms with Crippen molar-refractivity contribution >= 4 is 10.0 Å². The molecule has 1 aromatic rings. The number of hydrogen-bond acceptors (Lipinski definition) is 3. The van der Waals surface area contributed by atoms with Crippen molar-refractivity contribution < 1.29 is 8.42 Å². The van der Waals surface area contributed by atoms with E-state index < -0.39 is 10.0 Å². The summed E-state index contributed by atoms with van der Waals surface area (Å²) in [5, 5.41) is 4.32. The third kappa shape index (κ3) is 2.56. The Bertz CT molecular complexity index is 563. The molecule has 5 nitrogen and oxygen atoms in total. The minimum Gasteiger partial charge on any atom is -0.268 e. The molecule has 2 rings (SSSR count). The maximum Gasteiger partial charge on any atom is 0.246 e. The van der Waals surface area contributed by atoms with Gasteiger partial charge in [-0.15, -0.1) is 0 Å². The molecule has 0 radical (unpaired) electrons. The second kappa shape index (κ2) is 5.25. The van der Waals surface area contributed by atoms with E-state index in [0.717, 1.165) is 18.5 Å². The van der Waals surface area contributed by atoms with E-state index in [9.17, 15) is 8.42 Å². The monoisotopic (exact) mass is 285 g/mol. The quantitative estimate of drug-likeness (QED) is 0.853. The first-order chi connectivity index (χ1) is 8.87. The van der Waals surface area contributed by atoms with E-state index in [2.05, 4.69) is 12.0 Å². The predicted molar refractivity (Wildman–Crippen MR) is 74.5 cm³/mol. The Labute approximate surface area is 115 Å². The fourth-order valence-electron chi connectivity index (χ4n) is 2.86. The number of sulfonamides is 1. The lowest BCUT2D eigenvalue weighted by Crippen LogP contribution is -2.39. The number of rotatable bonds is 3. The van der Waals surface area contributed by atoms with Crippen LogP contribution in [0.5, 0.6) is 0 Å². The van der Waals surface area contributed by atoms with E-state index in [0.29, 0.717) is 36.1 Å². The summed E-state index contributed by atoms with van der Waals surface area (Å²) in [5.41, 5.74) is 1.36. The van der Waals surface area contributed by atoms with E-state index in [1.165, 1.54) is 0 Å². The van der Waals surface area contributed by atoms with Crippen molar-refractivity contribution in [2.45, 2.75) is 52.0 Å². The molecule has 0 saturated carbocycles. The molecule has 0 bridgehead atoms. The Balaban J connectivity index is 2.42. The first kappa shape index (κ1) is 14.5. The molecule has 0 unspecified atom stereocenters. The smallest absolute Gasteiger partial charge is 0.246 e. The number of hydrogen-bond donors (Lipinski definition) is 0. The summed E-state index contributed by atoms with van der Waals surface area (Å²) in [6.07, 6.45) is 2.05. The van der Waals surface area contributed by atoms with Crippen LogP contribution in [0, 0.1) is 19.8 Å². The lowest BCUT2D eigenvalue weighted by Gasteiger charge is -2.30. The summed E-state index contributed by atoms with van der Waals surface area (Å²) >= 11 is 0. The lowest BCUT2D eigenvalue weighted by atomic mass is 10.0. The van der Waals surface area contributed by atoms with Gasteiger partial charge in [0.15, 0.2) is 0 Å². The van der Waals surface area contributed by atoms with E-state index in [1.807, 2.05) is 13.8 Å². The van der Waals surface area contributed by atoms with E-state index in [4.69, 9.17) is 0 Å². The van der Waals surface area contributed by atoms with Crippen LogP contribution in [0.25, 0.3) is 0 Å². The van der Waals surface area contributed by atoms with Gasteiger partial charge in [-0.2, -0.15) is 9.40 Å². The van der Waals surface area contributed by atoms with Crippen LogP contribution in [0.4, 0.5) is 0 Å². The molecule has 0 spiro atoms. The Hall–Kier alpha value is -0.880. The van der Waals surface area contributed by atoms with Crippen LogP contribution in [0.3, 0.4) is 0 Å². The summed E-state index contributed by atoms with van der Waals surface area (Å²) in [6.45, 7) is 9.64. The van der Waals surface area contributed by atoms with Gasteiger partial charge in [-0.3, -0.25) is 4.68 Å².